The second kappa shape index (κ2) is 6.39. The lowest BCUT2D eigenvalue weighted by molar-refractivity contribution is 0.183. The first-order chi connectivity index (χ1) is 6.33. The molecule has 2 heteroatoms. The lowest BCUT2D eigenvalue weighted by Crippen LogP contribution is -2.30. The molecule has 78 valence electrons. The summed E-state index contributed by atoms with van der Waals surface area (Å²) in [4.78, 5) is 0. The van der Waals surface area contributed by atoms with E-state index in [0.29, 0.717) is 6.04 Å². The Kier molecular flexibility index (Phi) is 5.40. The van der Waals surface area contributed by atoms with Gasteiger partial charge in [0.15, 0.2) is 0 Å². The van der Waals surface area contributed by atoms with Crippen LogP contribution in [0.4, 0.5) is 0 Å². The van der Waals surface area contributed by atoms with Crippen molar-refractivity contribution in [1.82, 2.24) is 5.32 Å². The molecule has 13 heavy (non-hydrogen) atoms. The third kappa shape index (κ3) is 4.63. The smallest absolute Gasteiger partial charge is 0.0476 e. The van der Waals surface area contributed by atoms with Gasteiger partial charge in [0.25, 0.3) is 0 Å². The fourth-order valence-corrected chi connectivity index (χ4v) is 1.71. The monoisotopic (exact) mass is 185 g/mol. The van der Waals surface area contributed by atoms with Gasteiger partial charge in [0.05, 0.1) is 0 Å². The molecule has 1 atom stereocenters. The molecule has 0 bridgehead atoms. The van der Waals surface area contributed by atoms with Gasteiger partial charge in [-0.3, -0.25) is 0 Å². The second-order valence-corrected chi connectivity index (χ2v) is 4.22. The Morgan fingerprint density at radius 2 is 2.23 bits per heavy atom. The van der Waals surface area contributed by atoms with Gasteiger partial charge in [-0.1, -0.05) is 19.3 Å². The summed E-state index contributed by atoms with van der Waals surface area (Å²) in [5.41, 5.74) is 0. The van der Waals surface area contributed by atoms with Gasteiger partial charge < -0.3 is 10.1 Å². The minimum Gasteiger partial charge on any atom is -0.385 e. The number of ether oxygens (including phenoxy) is 1. The average molecular weight is 185 g/mol. The summed E-state index contributed by atoms with van der Waals surface area (Å²) >= 11 is 0. The van der Waals surface area contributed by atoms with Crippen molar-refractivity contribution in [3.63, 3.8) is 0 Å². The van der Waals surface area contributed by atoms with E-state index in [0.717, 1.165) is 18.9 Å². The van der Waals surface area contributed by atoms with Crippen molar-refractivity contribution in [3.8, 4) is 0 Å². The van der Waals surface area contributed by atoms with Crippen molar-refractivity contribution in [1.29, 1.82) is 0 Å². The number of methoxy groups -OCH3 is 1. The first kappa shape index (κ1) is 11.0. The van der Waals surface area contributed by atoms with Crippen LogP contribution in [0.25, 0.3) is 0 Å². The molecule has 2 nitrogen and oxygen atoms in total. The predicted molar refractivity (Wildman–Crippen MR) is 55.9 cm³/mol. The summed E-state index contributed by atoms with van der Waals surface area (Å²) in [5, 5.41) is 3.54. The van der Waals surface area contributed by atoms with Crippen LogP contribution in [-0.4, -0.2) is 26.3 Å². The van der Waals surface area contributed by atoms with Crippen LogP contribution < -0.4 is 5.32 Å². The first-order valence-electron chi connectivity index (χ1n) is 5.55. The van der Waals surface area contributed by atoms with Crippen LogP contribution >= 0.6 is 0 Å². The molecule has 0 aliphatic heterocycles. The minimum absolute atomic E-state index is 0.611. The van der Waals surface area contributed by atoms with Crippen molar-refractivity contribution in [2.75, 3.05) is 20.3 Å². The van der Waals surface area contributed by atoms with Gasteiger partial charge in [-0.2, -0.15) is 0 Å². The van der Waals surface area contributed by atoms with Gasteiger partial charge in [-0.15, -0.1) is 0 Å². The van der Waals surface area contributed by atoms with Crippen LogP contribution in [0, 0.1) is 5.92 Å². The second-order valence-electron chi connectivity index (χ2n) is 4.22. The zero-order valence-corrected chi connectivity index (χ0v) is 9.01. The molecule has 0 saturated heterocycles. The van der Waals surface area contributed by atoms with Crippen molar-refractivity contribution >= 4 is 0 Å². The molecule has 0 heterocycles. The molecule has 0 aromatic heterocycles. The van der Waals surface area contributed by atoms with Crippen molar-refractivity contribution in [2.45, 2.75) is 45.1 Å². The number of nitrogens with one attached hydrogen (secondary N) is 1. The highest BCUT2D eigenvalue weighted by Crippen LogP contribution is 2.28. The topological polar surface area (TPSA) is 21.3 Å². The zero-order valence-electron chi connectivity index (χ0n) is 9.01. The molecule has 1 aliphatic carbocycles. The van der Waals surface area contributed by atoms with Crippen LogP contribution in [0.3, 0.4) is 0 Å². The van der Waals surface area contributed by atoms with Crippen LogP contribution in [0.5, 0.6) is 0 Å². The van der Waals surface area contributed by atoms with Gasteiger partial charge >= 0.3 is 0 Å². The molecule has 1 N–H and O–H groups in total. The maximum Gasteiger partial charge on any atom is 0.0476 e. The van der Waals surface area contributed by atoms with E-state index in [1.54, 1.807) is 7.11 Å². The average Bonchev–Trinajstić information content (AvgIpc) is 2.06. The molecule has 1 saturated carbocycles. The molecule has 1 aliphatic rings. The largest absolute Gasteiger partial charge is 0.385 e. The molecule has 0 aromatic rings. The maximum absolute atomic E-state index is 5.03. The van der Waals surface area contributed by atoms with Crippen LogP contribution in [0.1, 0.15) is 39.0 Å². The SMILES string of the molecule is COCCC(C)NCCC1CCC1. The fourth-order valence-electron chi connectivity index (χ4n) is 1.71. The van der Waals surface area contributed by atoms with E-state index < -0.39 is 0 Å². The third-order valence-corrected chi connectivity index (χ3v) is 3.03. The lowest BCUT2D eigenvalue weighted by atomic mass is 9.83. The van der Waals surface area contributed by atoms with E-state index in [1.165, 1.54) is 32.2 Å². The van der Waals surface area contributed by atoms with E-state index in [2.05, 4.69) is 12.2 Å². The molecule has 1 rings (SSSR count). The van der Waals surface area contributed by atoms with Gasteiger partial charge in [-0.25, -0.2) is 0 Å². The normalized spacial score (nSPS) is 19.8. The summed E-state index contributed by atoms with van der Waals surface area (Å²) < 4.78 is 5.03. The first-order valence-corrected chi connectivity index (χ1v) is 5.55. The highest BCUT2D eigenvalue weighted by molar-refractivity contribution is 4.71. The van der Waals surface area contributed by atoms with E-state index in [1.807, 2.05) is 0 Å². The Labute approximate surface area is 82.0 Å². The van der Waals surface area contributed by atoms with Crippen LogP contribution in [-0.2, 0) is 4.74 Å². The molecule has 0 radical (unpaired) electrons. The Balaban J connectivity index is 1.85. The van der Waals surface area contributed by atoms with Crippen molar-refractivity contribution in [2.24, 2.45) is 5.92 Å². The summed E-state index contributed by atoms with van der Waals surface area (Å²) in [5.74, 6) is 1.03. The number of rotatable bonds is 7. The highest BCUT2D eigenvalue weighted by Gasteiger charge is 2.16. The van der Waals surface area contributed by atoms with Gasteiger partial charge in [0, 0.05) is 19.8 Å². The summed E-state index contributed by atoms with van der Waals surface area (Å²) in [6.45, 7) is 4.30. The Hall–Kier alpha value is -0.0800. The van der Waals surface area contributed by atoms with Crippen LogP contribution in [0.15, 0.2) is 0 Å². The Morgan fingerprint density at radius 3 is 2.77 bits per heavy atom. The van der Waals surface area contributed by atoms with Crippen molar-refractivity contribution in [3.05, 3.63) is 0 Å². The van der Waals surface area contributed by atoms with Gasteiger partial charge in [0.1, 0.15) is 0 Å². The van der Waals surface area contributed by atoms with E-state index in [4.69, 9.17) is 4.74 Å². The molecule has 0 spiro atoms. The Bertz CT molecular complexity index is 123. The minimum atomic E-state index is 0.611. The molecule has 1 fully saturated rings. The zero-order chi connectivity index (χ0) is 9.52. The molecular weight excluding hydrogens is 162 g/mol. The van der Waals surface area contributed by atoms with E-state index in [-0.39, 0.29) is 0 Å². The van der Waals surface area contributed by atoms with Gasteiger partial charge in [0.2, 0.25) is 0 Å². The quantitative estimate of drug-likeness (QED) is 0.656. The molecule has 0 aromatic carbocycles. The van der Waals surface area contributed by atoms with Crippen LogP contribution in [0.2, 0.25) is 0 Å². The lowest BCUT2D eigenvalue weighted by Gasteiger charge is -2.26. The van der Waals surface area contributed by atoms with Gasteiger partial charge in [-0.05, 0) is 32.2 Å². The predicted octanol–water partition coefficient (Wildman–Crippen LogP) is 2.19. The number of hydrogen-bond acceptors (Lipinski definition) is 2. The van der Waals surface area contributed by atoms with Crippen molar-refractivity contribution < 1.29 is 4.74 Å². The highest BCUT2D eigenvalue weighted by atomic mass is 16.5. The van der Waals surface area contributed by atoms with E-state index in [9.17, 15) is 0 Å². The molecule has 0 amide bonds. The Morgan fingerprint density at radius 1 is 1.46 bits per heavy atom. The number of hydrogen-bond donors (Lipinski definition) is 1. The third-order valence-electron chi connectivity index (χ3n) is 3.03. The summed E-state index contributed by atoms with van der Waals surface area (Å²) in [6, 6.07) is 0.611. The summed E-state index contributed by atoms with van der Waals surface area (Å²) in [7, 11) is 1.76. The molecular formula is C11H23NO. The van der Waals surface area contributed by atoms with E-state index >= 15 is 0 Å². The fraction of sp³-hybridized carbons (Fsp3) is 1.00. The maximum atomic E-state index is 5.03. The summed E-state index contributed by atoms with van der Waals surface area (Å²) in [6.07, 6.45) is 6.89. The molecule has 1 unspecified atom stereocenters. The standard InChI is InChI=1S/C11H23NO/c1-10(7-9-13-2)12-8-6-11-4-3-5-11/h10-12H,3-9H2,1-2H3.